The largest absolute Gasteiger partial charge is 0.497 e. The van der Waals surface area contributed by atoms with Gasteiger partial charge in [0.25, 0.3) is 0 Å². The predicted molar refractivity (Wildman–Crippen MR) is 172 cm³/mol. The molecule has 0 unspecified atom stereocenters. The number of methoxy groups -OCH3 is 1. The lowest BCUT2D eigenvalue weighted by Crippen LogP contribution is -2.39. The zero-order chi connectivity index (χ0) is 29.0. The number of carbonyl (C=O) groups is 1. The number of hydrogen-bond acceptors (Lipinski definition) is 5. The van der Waals surface area contributed by atoms with E-state index in [-0.39, 0.29) is 5.91 Å². The highest BCUT2D eigenvalue weighted by Crippen LogP contribution is 2.20. The fourth-order valence-corrected chi connectivity index (χ4v) is 5.79. The van der Waals surface area contributed by atoms with Crippen LogP contribution in [0, 0.1) is 0 Å². The van der Waals surface area contributed by atoms with Crippen molar-refractivity contribution in [1.29, 1.82) is 0 Å². The second-order valence-electron chi connectivity index (χ2n) is 11.5. The smallest absolute Gasteiger partial charge is 0.224 e. The number of piperidine rings is 2. The third-order valence-corrected chi connectivity index (χ3v) is 8.22. The Morgan fingerprint density at radius 3 is 2.12 bits per heavy atom. The molecule has 2 N–H and O–H groups in total. The standard InChI is InChI=1S/C35H45N5O2/c1-42-33-17-10-28(11-18-33)12-19-35(41)38-31-15-13-30(14-16-31)36-34(27-39-22-6-3-7-23-39)37-32-20-24-40(25-21-32)26-29-8-4-2-5-9-29/h2,4-5,8-11,13-18,32H,3,6-7,12,19-27H2,1H3,(H,36,37)(H,38,41). The van der Waals surface area contributed by atoms with Crippen molar-refractivity contribution in [2.75, 3.05) is 50.5 Å². The lowest BCUT2D eigenvalue weighted by molar-refractivity contribution is -0.116. The van der Waals surface area contributed by atoms with Crippen LogP contribution in [0.25, 0.3) is 0 Å². The van der Waals surface area contributed by atoms with Gasteiger partial charge in [-0.3, -0.25) is 19.6 Å². The summed E-state index contributed by atoms with van der Waals surface area (Å²) in [5.74, 6) is 1.89. The van der Waals surface area contributed by atoms with Crippen molar-refractivity contribution in [2.45, 2.75) is 57.5 Å². The molecule has 7 heteroatoms. The lowest BCUT2D eigenvalue weighted by atomic mass is 10.0. The van der Waals surface area contributed by atoms with Crippen molar-refractivity contribution in [3.05, 3.63) is 90.0 Å². The zero-order valence-corrected chi connectivity index (χ0v) is 24.9. The van der Waals surface area contributed by atoms with Crippen molar-refractivity contribution < 1.29 is 9.53 Å². The minimum absolute atomic E-state index is 0.0116. The Morgan fingerprint density at radius 1 is 0.786 bits per heavy atom. The van der Waals surface area contributed by atoms with Gasteiger partial charge in [-0.2, -0.15) is 0 Å². The van der Waals surface area contributed by atoms with Crippen LogP contribution in [-0.4, -0.2) is 67.4 Å². The number of nitrogens with zero attached hydrogens (tertiary/aromatic N) is 3. The molecule has 2 fully saturated rings. The normalized spacial score (nSPS) is 17.1. The number of ether oxygens (including phenoxy) is 1. The maximum atomic E-state index is 12.6. The second kappa shape index (κ2) is 15.5. The first-order chi connectivity index (χ1) is 20.6. The monoisotopic (exact) mass is 567 g/mol. The Bertz CT molecular complexity index is 1260. The van der Waals surface area contributed by atoms with E-state index in [4.69, 9.17) is 9.73 Å². The van der Waals surface area contributed by atoms with E-state index in [1.54, 1.807) is 7.11 Å². The van der Waals surface area contributed by atoms with E-state index in [2.05, 4.69) is 50.8 Å². The molecule has 0 radical (unpaired) electrons. The maximum Gasteiger partial charge on any atom is 0.224 e. The molecular weight excluding hydrogens is 522 g/mol. The summed E-state index contributed by atoms with van der Waals surface area (Å²) < 4.78 is 5.21. The molecule has 2 saturated heterocycles. The summed E-state index contributed by atoms with van der Waals surface area (Å²) in [4.78, 5) is 22.9. The van der Waals surface area contributed by atoms with Gasteiger partial charge in [0.2, 0.25) is 5.91 Å². The quantitative estimate of drug-likeness (QED) is 0.212. The van der Waals surface area contributed by atoms with Crippen LogP contribution >= 0.6 is 0 Å². The van der Waals surface area contributed by atoms with Gasteiger partial charge < -0.3 is 15.4 Å². The van der Waals surface area contributed by atoms with E-state index in [0.717, 1.165) is 80.6 Å². The number of aliphatic imine (C=N–C) groups is 1. The van der Waals surface area contributed by atoms with Crippen LogP contribution in [0.4, 0.5) is 11.4 Å². The molecule has 42 heavy (non-hydrogen) atoms. The van der Waals surface area contributed by atoms with Gasteiger partial charge in [-0.25, -0.2) is 0 Å². The fourth-order valence-electron chi connectivity index (χ4n) is 5.79. The molecule has 0 saturated carbocycles. The topological polar surface area (TPSA) is 69.2 Å². The molecule has 5 rings (SSSR count). The van der Waals surface area contributed by atoms with Crippen LogP contribution < -0.4 is 15.4 Å². The molecule has 2 heterocycles. The summed E-state index contributed by atoms with van der Waals surface area (Å²) in [7, 11) is 1.66. The molecule has 7 nitrogen and oxygen atoms in total. The molecule has 3 aromatic rings. The van der Waals surface area contributed by atoms with E-state index < -0.39 is 0 Å². The highest BCUT2D eigenvalue weighted by Gasteiger charge is 2.21. The first-order valence-corrected chi connectivity index (χ1v) is 15.5. The van der Waals surface area contributed by atoms with E-state index >= 15 is 0 Å². The van der Waals surface area contributed by atoms with Crippen molar-refractivity contribution in [3.8, 4) is 5.75 Å². The summed E-state index contributed by atoms with van der Waals surface area (Å²) in [5, 5.41) is 6.67. The minimum atomic E-state index is 0.0116. The first kappa shape index (κ1) is 29.8. The van der Waals surface area contributed by atoms with Gasteiger partial charge >= 0.3 is 0 Å². The fraction of sp³-hybridized carbons (Fsp3) is 0.429. The number of likely N-dealkylation sites (tertiary alicyclic amines) is 2. The van der Waals surface area contributed by atoms with Crippen molar-refractivity contribution >= 4 is 23.1 Å². The Morgan fingerprint density at radius 2 is 1.45 bits per heavy atom. The van der Waals surface area contributed by atoms with Gasteiger partial charge in [0, 0.05) is 37.4 Å². The van der Waals surface area contributed by atoms with E-state index in [9.17, 15) is 4.79 Å². The van der Waals surface area contributed by atoms with Gasteiger partial charge in [-0.05, 0) is 92.7 Å². The third kappa shape index (κ3) is 9.43. The number of carbonyl (C=O) groups excluding carboxylic acids is 1. The molecule has 2 aliphatic heterocycles. The summed E-state index contributed by atoms with van der Waals surface area (Å²) >= 11 is 0. The molecule has 222 valence electrons. The summed E-state index contributed by atoms with van der Waals surface area (Å²) in [6.07, 6.45) is 7.14. The number of hydrogen-bond donors (Lipinski definition) is 2. The van der Waals surface area contributed by atoms with Crippen molar-refractivity contribution in [2.24, 2.45) is 4.99 Å². The van der Waals surface area contributed by atoms with Gasteiger partial charge in [0.15, 0.2) is 0 Å². The summed E-state index contributed by atoms with van der Waals surface area (Å²) in [6, 6.07) is 27.0. The number of rotatable bonds is 11. The van der Waals surface area contributed by atoms with Crippen LogP contribution in [0.2, 0.25) is 0 Å². The SMILES string of the molecule is COc1ccc(CCC(=O)Nc2ccc(NC(CN3CCCCC3)=NC3CCN(Cc4ccccc4)CC3)cc2)cc1. The number of aryl methyl sites for hydroxylation is 1. The Hall–Kier alpha value is -3.68. The van der Waals surface area contributed by atoms with Crippen LogP contribution in [0.3, 0.4) is 0 Å². The van der Waals surface area contributed by atoms with E-state index in [1.165, 1.54) is 24.8 Å². The molecule has 2 aliphatic rings. The lowest BCUT2D eigenvalue weighted by Gasteiger charge is -2.32. The Kier molecular flexibility index (Phi) is 11.0. The molecule has 0 aliphatic carbocycles. The van der Waals surface area contributed by atoms with Crippen molar-refractivity contribution in [3.63, 3.8) is 0 Å². The molecule has 0 spiro atoms. The van der Waals surface area contributed by atoms with Crippen LogP contribution in [-0.2, 0) is 17.8 Å². The van der Waals surface area contributed by atoms with Gasteiger partial charge in [-0.1, -0.05) is 48.9 Å². The highest BCUT2D eigenvalue weighted by atomic mass is 16.5. The highest BCUT2D eigenvalue weighted by molar-refractivity contribution is 5.97. The first-order valence-electron chi connectivity index (χ1n) is 15.5. The van der Waals surface area contributed by atoms with Gasteiger partial charge in [0.1, 0.15) is 11.6 Å². The van der Waals surface area contributed by atoms with E-state index in [1.807, 2.05) is 48.5 Å². The van der Waals surface area contributed by atoms with Gasteiger partial charge in [-0.15, -0.1) is 0 Å². The van der Waals surface area contributed by atoms with Gasteiger partial charge in [0.05, 0.1) is 19.7 Å². The Balaban J connectivity index is 1.14. The maximum absolute atomic E-state index is 12.6. The molecule has 0 atom stereocenters. The van der Waals surface area contributed by atoms with Crippen molar-refractivity contribution in [1.82, 2.24) is 9.80 Å². The molecule has 0 aromatic heterocycles. The van der Waals surface area contributed by atoms with Crippen LogP contribution in [0.1, 0.15) is 49.7 Å². The molecular formula is C35H45N5O2. The number of amides is 1. The average molecular weight is 568 g/mol. The third-order valence-electron chi connectivity index (χ3n) is 8.22. The van der Waals surface area contributed by atoms with Crippen LogP contribution in [0.5, 0.6) is 5.75 Å². The molecule has 1 amide bonds. The number of benzene rings is 3. The molecule has 0 bridgehead atoms. The average Bonchev–Trinajstić information content (AvgIpc) is 3.03. The second-order valence-corrected chi connectivity index (χ2v) is 11.5. The Labute approximate surface area is 251 Å². The summed E-state index contributed by atoms with van der Waals surface area (Å²) in [5.41, 5.74) is 4.31. The number of amidine groups is 1. The predicted octanol–water partition coefficient (Wildman–Crippen LogP) is 6.23. The minimum Gasteiger partial charge on any atom is -0.497 e. The molecule has 3 aromatic carbocycles. The summed E-state index contributed by atoms with van der Waals surface area (Å²) in [6.45, 7) is 6.30. The van der Waals surface area contributed by atoms with Crippen LogP contribution in [0.15, 0.2) is 83.9 Å². The van der Waals surface area contributed by atoms with E-state index in [0.29, 0.717) is 18.9 Å². The number of anilines is 2. The number of nitrogens with one attached hydrogen (secondary N) is 2. The zero-order valence-electron chi connectivity index (χ0n) is 24.9.